The van der Waals surface area contributed by atoms with Crippen LogP contribution < -0.4 is 4.74 Å². The molecule has 2 aromatic carbocycles. The highest BCUT2D eigenvalue weighted by Gasteiger charge is 2.04. The van der Waals surface area contributed by atoms with Crippen LogP contribution in [0.2, 0.25) is 0 Å². The molecule has 0 aliphatic rings. The van der Waals surface area contributed by atoms with E-state index in [0.717, 1.165) is 17.2 Å². The molecule has 1 N–H and O–H groups in total. The van der Waals surface area contributed by atoms with Crippen molar-refractivity contribution in [1.82, 2.24) is 4.98 Å². The Balaban J connectivity index is 0.00000280. The Hall–Kier alpha value is -3.18. The van der Waals surface area contributed by atoms with Gasteiger partial charge in [-0.1, -0.05) is 24.3 Å². The van der Waals surface area contributed by atoms with Gasteiger partial charge in [0.05, 0.1) is 0 Å². The molecule has 1 aromatic heterocycles. The van der Waals surface area contributed by atoms with Crippen molar-refractivity contribution in [3.63, 3.8) is 0 Å². The monoisotopic (exact) mass is 399 g/mol. The van der Waals surface area contributed by atoms with E-state index >= 15 is 0 Å². The second-order valence-electron chi connectivity index (χ2n) is 5.98. The number of halogens is 2. The molecule has 0 fully saturated rings. The fraction of sp³-hybridized carbons (Fsp3) is 0.0909. The maximum absolute atomic E-state index is 13.0. The first-order chi connectivity index (χ1) is 13.1. The van der Waals surface area contributed by atoms with E-state index in [1.807, 2.05) is 36.4 Å². The van der Waals surface area contributed by atoms with Crippen LogP contribution in [0.3, 0.4) is 0 Å². The van der Waals surface area contributed by atoms with Gasteiger partial charge in [0.2, 0.25) is 0 Å². The highest BCUT2D eigenvalue weighted by Crippen LogP contribution is 2.18. The van der Waals surface area contributed by atoms with Gasteiger partial charge < -0.3 is 9.84 Å². The van der Waals surface area contributed by atoms with E-state index in [2.05, 4.69) is 4.98 Å². The van der Waals surface area contributed by atoms with E-state index in [1.165, 1.54) is 18.2 Å². The zero-order valence-electron chi connectivity index (χ0n) is 14.9. The second-order valence-corrected chi connectivity index (χ2v) is 5.98. The number of nitrogens with zero attached hydrogens (tertiary/aromatic N) is 1. The lowest BCUT2D eigenvalue weighted by Gasteiger charge is -2.07. The van der Waals surface area contributed by atoms with Crippen molar-refractivity contribution < 1.29 is 19.0 Å². The molecule has 0 saturated carbocycles. The Morgan fingerprint density at radius 2 is 1.86 bits per heavy atom. The molecule has 0 bridgehead atoms. The molecule has 0 amide bonds. The lowest BCUT2D eigenvalue weighted by atomic mass is 10.1. The van der Waals surface area contributed by atoms with E-state index < -0.39 is 11.6 Å². The number of hydrogen-bond donors (Lipinski definition) is 1. The molecular formula is C22H19ClFNO3. The van der Waals surface area contributed by atoms with Gasteiger partial charge in [-0.25, -0.2) is 4.39 Å². The minimum atomic E-state index is -0.693. The number of benzene rings is 2. The van der Waals surface area contributed by atoms with Gasteiger partial charge in [-0.3, -0.25) is 9.78 Å². The number of phenolic OH excluding ortho intramolecular Hbond substituents is 1. The molecule has 3 rings (SSSR count). The van der Waals surface area contributed by atoms with E-state index in [1.54, 1.807) is 18.5 Å². The number of aromatic hydroxyl groups is 1. The Morgan fingerprint density at radius 1 is 1.07 bits per heavy atom. The fourth-order valence-corrected chi connectivity index (χ4v) is 2.47. The second kappa shape index (κ2) is 10.2. The molecule has 0 saturated heterocycles. The lowest BCUT2D eigenvalue weighted by Crippen LogP contribution is -2.00. The predicted octanol–water partition coefficient (Wildman–Crippen LogP) is 4.75. The molecule has 0 atom stereocenters. The Bertz CT molecular complexity index is 961. The van der Waals surface area contributed by atoms with Gasteiger partial charge in [-0.2, -0.15) is 0 Å². The Kier molecular flexibility index (Phi) is 7.72. The molecule has 1 heterocycles. The number of pyridine rings is 1. The van der Waals surface area contributed by atoms with E-state index in [4.69, 9.17) is 4.74 Å². The minimum Gasteiger partial charge on any atom is -0.505 e. The number of carbonyl (C=O) groups excluding carboxylic acids is 1. The Morgan fingerprint density at radius 3 is 2.61 bits per heavy atom. The van der Waals surface area contributed by atoms with Crippen LogP contribution in [0.25, 0.3) is 6.08 Å². The van der Waals surface area contributed by atoms with Gasteiger partial charge in [0.1, 0.15) is 12.4 Å². The molecule has 144 valence electrons. The van der Waals surface area contributed by atoms with Crippen molar-refractivity contribution in [1.29, 1.82) is 0 Å². The summed E-state index contributed by atoms with van der Waals surface area (Å²) in [4.78, 5) is 16.1. The number of phenols is 1. The van der Waals surface area contributed by atoms with Crippen molar-refractivity contribution in [2.45, 2.75) is 13.0 Å². The average molecular weight is 400 g/mol. The van der Waals surface area contributed by atoms with Gasteiger partial charge in [-0.15, -0.1) is 12.4 Å². The molecule has 3 aromatic rings. The molecule has 0 spiro atoms. The van der Waals surface area contributed by atoms with E-state index in [9.17, 15) is 14.3 Å². The highest BCUT2D eigenvalue weighted by atomic mass is 35.5. The summed E-state index contributed by atoms with van der Waals surface area (Å²) in [6.45, 7) is 0.424. The molecule has 4 nitrogen and oxygen atoms in total. The molecule has 28 heavy (non-hydrogen) atoms. The summed E-state index contributed by atoms with van der Waals surface area (Å²) in [6.07, 6.45) is 6.60. The average Bonchev–Trinajstić information content (AvgIpc) is 2.68. The standard InChI is InChI=1S/C22H18FNO3.ClH/c23-21-7-5-16(14-22(21)26)4-6-19(25)12-18-2-1-3-20(13-18)27-15-17-8-10-24-11-9-17;/h1-11,13-14,26H,12,15H2;1H/b6-4+;. The molecular weight excluding hydrogens is 381 g/mol. The lowest BCUT2D eigenvalue weighted by molar-refractivity contribution is -0.113. The first-order valence-electron chi connectivity index (χ1n) is 8.40. The third-order valence-electron chi connectivity index (χ3n) is 3.86. The SMILES string of the molecule is Cl.O=C(/C=C/c1ccc(F)c(O)c1)Cc1cccc(OCc2ccncc2)c1. The van der Waals surface area contributed by atoms with Gasteiger partial charge in [0.15, 0.2) is 17.3 Å². The summed E-state index contributed by atoms with van der Waals surface area (Å²) in [6, 6.07) is 15.0. The third kappa shape index (κ3) is 6.21. The van der Waals surface area contributed by atoms with Crippen molar-refractivity contribution in [2.75, 3.05) is 0 Å². The van der Waals surface area contributed by atoms with Crippen molar-refractivity contribution in [2.24, 2.45) is 0 Å². The number of hydrogen-bond acceptors (Lipinski definition) is 4. The number of allylic oxidation sites excluding steroid dienone is 1. The zero-order valence-corrected chi connectivity index (χ0v) is 15.7. The van der Waals surface area contributed by atoms with Gasteiger partial charge in [0, 0.05) is 18.8 Å². The number of rotatable bonds is 7. The topological polar surface area (TPSA) is 59.4 Å². The highest BCUT2D eigenvalue weighted by molar-refractivity contribution is 5.95. The number of aromatic nitrogens is 1. The van der Waals surface area contributed by atoms with Crippen LogP contribution in [0.15, 0.2) is 73.1 Å². The van der Waals surface area contributed by atoms with Crippen LogP contribution in [0, 0.1) is 5.82 Å². The van der Waals surface area contributed by atoms with Crippen molar-refractivity contribution >= 4 is 24.3 Å². The van der Waals surface area contributed by atoms with Crippen LogP contribution in [0.1, 0.15) is 16.7 Å². The number of carbonyl (C=O) groups is 1. The third-order valence-corrected chi connectivity index (χ3v) is 3.86. The van der Waals surface area contributed by atoms with Crippen molar-refractivity contribution in [3.05, 3.63) is 95.6 Å². The summed E-state index contributed by atoms with van der Waals surface area (Å²) >= 11 is 0. The Labute approximate surface area is 168 Å². The molecule has 0 radical (unpaired) electrons. The number of ketones is 1. The van der Waals surface area contributed by atoms with Crippen LogP contribution >= 0.6 is 12.4 Å². The van der Waals surface area contributed by atoms with Crippen LogP contribution in [0.5, 0.6) is 11.5 Å². The molecule has 0 aliphatic carbocycles. The molecule has 0 aliphatic heterocycles. The summed E-state index contributed by atoms with van der Waals surface area (Å²) < 4.78 is 18.8. The fourth-order valence-electron chi connectivity index (χ4n) is 2.47. The summed E-state index contributed by atoms with van der Waals surface area (Å²) in [7, 11) is 0. The van der Waals surface area contributed by atoms with Gasteiger partial charge >= 0.3 is 0 Å². The van der Waals surface area contributed by atoms with Crippen molar-refractivity contribution in [3.8, 4) is 11.5 Å². The zero-order chi connectivity index (χ0) is 19.1. The summed E-state index contributed by atoms with van der Waals surface area (Å²) in [5.74, 6) is -0.555. The van der Waals surface area contributed by atoms with E-state index in [-0.39, 0.29) is 24.6 Å². The maximum atomic E-state index is 13.0. The summed E-state index contributed by atoms with van der Waals surface area (Å²) in [5.41, 5.74) is 2.40. The van der Waals surface area contributed by atoms with Gasteiger partial charge in [-0.05, 0) is 59.2 Å². The van der Waals surface area contributed by atoms with Crippen LogP contribution in [-0.2, 0) is 17.8 Å². The first kappa shape index (κ1) is 21.1. The smallest absolute Gasteiger partial charge is 0.164 e. The minimum absolute atomic E-state index is 0. The van der Waals surface area contributed by atoms with Crippen LogP contribution in [0.4, 0.5) is 4.39 Å². The van der Waals surface area contributed by atoms with Gasteiger partial charge in [0.25, 0.3) is 0 Å². The van der Waals surface area contributed by atoms with Crippen LogP contribution in [-0.4, -0.2) is 15.9 Å². The number of ether oxygens (including phenoxy) is 1. The quantitative estimate of drug-likeness (QED) is 0.582. The molecule has 0 unspecified atom stereocenters. The maximum Gasteiger partial charge on any atom is 0.164 e. The van der Waals surface area contributed by atoms with E-state index in [0.29, 0.717) is 17.9 Å². The largest absolute Gasteiger partial charge is 0.505 e. The molecule has 6 heteroatoms. The summed E-state index contributed by atoms with van der Waals surface area (Å²) in [5, 5.41) is 9.35. The first-order valence-corrected chi connectivity index (χ1v) is 8.40. The predicted molar refractivity (Wildman–Crippen MR) is 108 cm³/mol. The normalized spacial score (nSPS) is 10.5.